The van der Waals surface area contributed by atoms with E-state index in [1.54, 1.807) is 29.6 Å². The van der Waals surface area contributed by atoms with E-state index in [1.165, 1.54) is 45.1 Å². The van der Waals surface area contributed by atoms with Crippen molar-refractivity contribution in [1.82, 2.24) is 24.6 Å². The number of methoxy groups -OCH3 is 1. The highest BCUT2D eigenvalue weighted by Gasteiger charge is 2.32. The third kappa shape index (κ3) is 4.31. The van der Waals surface area contributed by atoms with E-state index in [9.17, 15) is 9.59 Å². The van der Waals surface area contributed by atoms with Crippen LogP contribution in [0.3, 0.4) is 0 Å². The van der Waals surface area contributed by atoms with Gasteiger partial charge >= 0.3 is 0 Å². The van der Waals surface area contributed by atoms with E-state index in [1.807, 2.05) is 18.2 Å². The van der Waals surface area contributed by atoms with Gasteiger partial charge in [0.15, 0.2) is 0 Å². The summed E-state index contributed by atoms with van der Waals surface area (Å²) in [7, 11) is 3.36. The number of hydrogen-bond acceptors (Lipinski definition) is 5. The van der Waals surface area contributed by atoms with Crippen molar-refractivity contribution in [2.75, 3.05) is 26.7 Å². The normalized spacial score (nSPS) is 21.0. The molecule has 2 unspecified atom stereocenters. The fourth-order valence-electron chi connectivity index (χ4n) is 6.07. The molecule has 5 rings (SSSR count). The maximum atomic E-state index is 12.8. The molecule has 3 heterocycles. The summed E-state index contributed by atoms with van der Waals surface area (Å²) in [4.78, 5) is 28.2. The lowest BCUT2D eigenvalue weighted by atomic mass is 9.78. The van der Waals surface area contributed by atoms with Crippen LogP contribution in [0.1, 0.15) is 44.9 Å². The lowest BCUT2D eigenvalue weighted by molar-refractivity contribution is -0.121. The standard InChI is InChI=1S/C26H35N5O3/c1-29-23-11-10-19(34-2)15-20(23)25-21(26(29)33)16-28-31(25)17-24(32)27-12-6-14-30-13-5-8-18-7-3-4-9-22(18)30/h10-11,15-16,18,22H,3-9,12-14,17H2,1-2H3,(H,27,32). The van der Waals surface area contributed by atoms with E-state index in [0.29, 0.717) is 23.2 Å². The minimum Gasteiger partial charge on any atom is -0.497 e. The van der Waals surface area contributed by atoms with Crippen molar-refractivity contribution in [2.24, 2.45) is 13.0 Å². The summed E-state index contributed by atoms with van der Waals surface area (Å²) >= 11 is 0. The Bertz CT molecular complexity index is 1240. The molecule has 0 radical (unpaired) electrons. The highest BCUT2D eigenvalue weighted by molar-refractivity contribution is 6.04. The summed E-state index contributed by atoms with van der Waals surface area (Å²) in [6, 6.07) is 6.34. The van der Waals surface area contributed by atoms with Crippen molar-refractivity contribution in [2.45, 2.75) is 57.5 Å². The second kappa shape index (κ2) is 9.78. The maximum Gasteiger partial charge on any atom is 0.261 e. The number of rotatable bonds is 7. The maximum absolute atomic E-state index is 12.8. The number of fused-ring (bicyclic) bond motifs is 4. The zero-order valence-corrected chi connectivity index (χ0v) is 20.3. The number of carbonyl (C=O) groups excluding carboxylic acids is 1. The summed E-state index contributed by atoms with van der Waals surface area (Å²) in [5, 5.41) is 8.79. The number of aromatic nitrogens is 3. The molecular formula is C26H35N5O3. The highest BCUT2D eigenvalue weighted by atomic mass is 16.5. The molecule has 8 heteroatoms. The quantitative estimate of drug-likeness (QED) is 0.543. The van der Waals surface area contributed by atoms with Crippen LogP contribution in [0, 0.1) is 5.92 Å². The molecule has 1 amide bonds. The van der Waals surface area contributed by atoms with Gasteiger partial charge in [-0.15, -0.1) is 0 Å². The molecule has 2 aromatic heterocycles. The SMILES string of the molecule is COc1ccc2c(c1)c1c(cnn1CC(=O)NCCCN1CCCC3CCCCC31)c(=O)n2C. The van der Waals surface area contributed by atoms with Gasteiger partial charge in [-0.3, -0.25) is 14.3 Å². The first-order valence-corrected chi connectivity index (χ1v) is 12.6. The summed E-state index contributed by atoms with van der Waals surface area (Å²) < 4.78 is 8.63. The molecule has 3 aromatic rings. The Labute approximate surface area is 199 Å². The third-order valence-electron chi connectivity index (χ3n) is 7.79. The third-order valence-corrected chi connectivity index (χ3v) is 7.79. The van der Waals surface area contributed by atoms with Gasteiger partial charge in [0.2, 0.25) is 5.91 Å². The molecule has 34 heavy (non-hydrogen) atoms. The van der Waals surface area contributed by atoms with Crippen molar-refractivity contribution in [1.29, 1.82) is 0 Å². The number of hydrogen-bond donors (Lipinski definition) is 1. The van der Waals surface area contributed by atoms with Gasteiger partial charge in [-0.25, -0.2) is 0 Å². The molecule has 2 aliphatic rings. The summed E-state index contributed by atoms with van der Waals surface area (Å²) in [6.45, 7) is 2.98. The number of aryl methyl sites for hydroxylation is 1. The average molecular weight is 466 g/mol. The number of nitrogens with zero attached hydrogens (tertiary/aromatic N) is 4. The molecule has 0 spiro atoms. The van der Waals surface area contributed by atoms with Crippen LogP contribution in [0.15, 0.2) is 29.2 Å². The van der Waals surface area contributed by atoms with Gasteiger partial charge in [-0.2, -0.15) is 5.10 Å². The molecule has 1 N–H and O–H groups in total. The Morgan fingerprint density at radius 1 is 1.18 bits per heavy atom. The number of pyridine rings is 1. The van der Waals surface area contributed by atoms with Crippen molar-refractivity contribution >= 4 is 27.7 Å². The molecule has 2 atom stereocenters. The average Bonchev–Trinajstić information content (AvgIpc) is 3.28. The Morgan fingerprint density at radius 2 is 2.00 bits per heavy atom. The molecule has 1 aliphatic heterocycles. The number of carbonyl (C=O) groups is 1. The second-order valence-electron chi connectivity index (χ2n) is 9.81. The first-order chi connectivity index (χ1) is 16.6. The fraction of sp³-hybridized carbons (Fsp3) is 0.577. The van der Waals surface area contributed by atoms with Crippen LogP contribution in [-0.2, 0) is 18.4 Å². The van der Waals surface area contributed by atoms with Gasteiger partial charge < -0.3 is 19.5 Å². The van der Waals surface area contributed by atoms with Crippen LogP contribution in [-0.4, -0.2) is 57.9 Å². The van der Waals surface area contributed by atoms with Crippen LogP contribution < -0.4 is 15.6 Å². The summed E-state index contributed by atoms with van der Waals surface area (Å²) in [6.07, 6.45) is 10.7. The zero-order chi connectivity index (χ0) is 23.7. The largest absolute Gasteiger partial charge is 0.497 e. The van der Waals surface area contributed by atoms with Crippen LogP contribution >= 0.6 is 0 Å². The van der Waals surface area contributed by atoms with Gasteiger partial charge in [0.05, 0.1) is 29.7 Å². The van der Waals surface area contributed by atoms with Crippen molar-refractivity contribution < 1.29 is 9.53 Å². The van der Waals surface area contributed by atoms with Gasteiger partial charge in [-0.05, 0) is 62.8 Å². The Kier molecular flexibility index (Phi) is 6.59. The molecule has 1 aromatic carbocycles. The highest BCUT2D eigenvalue weighted by Crippen LogP contribution is 2.35. The van der Waals surface area contributed by atoms with Gasteiger partial charge in [0, 0.05) is 31.6 Å². The van der Waals surface area contributed by atoms with E-state index in [2.05, 4.69) is 15.3 Å². The first-order valence-electron chi connectivity index (χ1n) is 12.6. The minimum atomic E-state index is -0.123. The number of likely N-dealkylation sites (tertiary alicyclic amines) is 1. The van der Waals surface area contributed by atoms with E-state index in [-0.39, 0.29) is 18.0 Å². The topological polar surface area (TPSA) is 81.4 Å². The Balaban J connectivity index is 1.25. The molecule has 1 aliphatic carbocycles. The van der Waals surface area contributed by atoms with E-state index in [4.69, 9.17) is 4.74 Å². The van der Waals surface area contributed by atoms with Crippen molar-refractivity contribution in [3.8, 4) is 5.75 Å². The first kappa shape index (κ1) is 22.9. The molecule has 1 saturated carbocycles. The number of benzene rings is 1. The van der Waals surface area contributed by atoms with E-state index < -0.39 is 0 Å². The monoisotopic (exact) mass is 465 g/mol. The molecule has 0 bridgehead atoms. The summed E-state index contributed by atoms with van der Waals surface area (Å²) in [5.41, 5.74) is 1.33. The van der Waals surface area contributed by atoms with Crippen LogP contribution in [0.2, 0.25) is 0 Å². The molecule has 2 fully saturated rings. The lowest BCUT2D eigenvalue weighted by Gasteiger charge is -2.44. The zero-order valence-electron chi connectivity index (χ0n) is 20.3. The number of nitrogens with one attached hydrogen (secondary N) is 1. The molecular weight excluding hydrogens is 430 g/mol. The van der Waals surface area contributed by atoms with Gasteiger partial charge in [0.25, 0.3) is 5.56 Å². The minimum absolute atomic E-state index is 0.0807. The number of amides is 1. The summed E-state index contributed by atoms with van der Waals surface area (Å²) in [5.74, 6) is 1.49. The van der Waals surface area contributed by atoms with Crippen molar-refractivity contribution in [3.63, 3.8) is 0 Å². The van der Waals surface area contributed by atoms with E-state index >= 15 is 0 Å². The van der Waals surface area contributed by atoms with Crippen LogP contribution in [0.4, 0.5) is 0 Å². The van der Waals surface area contributed by atoms with Crippen molar-refractivity contribution in [3.05, 3.63) is 34.7 Å². The smallest absolute Gasteiger partial charge is 0.261 e. The number of ether oxygens (including phenoxy) is 1. The lowest BCUT2D eigenvalue weighted by Crippen LogP contribution is -2.47. The second-order valence-corrected chi connectivity index (χ2v) is 9.81. The van der Waals surface area contributed by atoms with Crippen LogP contribution in [0.5, 0.6) is 5.75 Å². The fourth-order valence-corrected chi connectivity index (χ4v) is 6.07. The van der Waals surface area contributed by atoms with E-state index in [0.717, 1.165) is 35.8 Å². The predicted molar refractivity (Wildman–Crippen MR) is 133 cm³/mol. The van der Waals surface area contributed by atoms with Gasteiger partial charge in [-0.1, -0.05) is 12.8 Å². The van der Waals surface area contributed by atoms with Crippen LogP contribution in [0.25, 0.3) is 21.8 Å². The molecule has 8 nitrogen and oxygen atoms in total. The molecule has 182 valence electrons. The number of piperidine rings is 1. The Morgan fingerprint density at radius 3 is 2.85 bits per heavy atom. The Hall–Kier alpha value is -2.87. The molecule has 1 saturated heterocycles. The van der Waals surface area contributed by atoms with Gasteiger partial charge in [0.1, 0.15) is 12.3 Å². The predicted octanol–water partition coefficient (Wildman–Crippen LogP) is 3.06.